The van der Waals surface area contributed by atoms with E-state index in [1.54, 1.807) is 0 Å². The molecule has 0 bridgehead atoms. The van der Waals surface area contributed by atoms with E-state index < -0.39 is 0 Å². The number of amides is 2. The summed E-state index contributed by atoms with van der Waals surface area (Å²) >= 11 is 0. The van der Waals surface area contributed by atoms with Crippen LogP contribution in [0.3, 0.4) is 0 Å². The highest BCUT2D eigenvalue weighted by atomic mass is 16.7. The minimum atomic E-state index is -0.384. The van der Waals surface area contributed by atoms with E-state index >= 15 is 0 Å². The largest absolute Gasteiger partial charge is 0.352 e. The standard InChI is InChI=1S/C24H35N3O4/c28-22(25-21-9-11-24(12-10-21)30-17-18-31-24)19-26-13-15-27(16-14-26)23(29)8-4-7-20-5-2-1-3-6-20/h1-3,5-6,21H,4,7-19H2,(H,25,28). The molecule has 2 saturated heterocycles. The second-order valence-corrected chi connectivity index (χ2v) is 8.95. The number of hydrogen-bond acceptors (Lipinski definition) is 5. The number of piperazine rings is 1. The van der Waals surface area contributed by atoms with Crippen LogP contribution in [-0.4, -0.2) is 79.4 Å². The zero-order chi connectivity index (χ0) is 21.5. The van der Waals surface area contributed by atoms with Gasteiger partial charge in [-0.25, -0.2) is 0 Å². The molecule has 0 unspecified atom stereocenters. The SMILES string of the molecule is O=C(CN1CCN(C(=O)CCCc2ccccc2)CC1)NC1CCC2(CC1)OCCO2. The molecule has 1 N–H and O–H groups in total. The molecule has 0 atom stereocenters. The lowest BCUT2D eigenvalue weighted by molar-refractivity contribution is -0.180. The monoisotopic (exact) mass is 429 g/mol. The van der Waals surface area contributed by atoms with Crippen molar-refractivity contribution in [2.24, 2.45) is 0 Å². The van der Waals surface area contributed by atoms with Gasteiger partial charge in [-0.3, -0.25) is 14.5 Å². The second kappa shape index (κ2) is 10.6. The van der Waals surface area contributed by atoms with Crippen molar-refractivity contribution in [2.75, 3.05) is 45.9 Å². The van der Waals surface area contributed by atoms with E-state index in [0.717, 1.165) is 51.6 Å². The zero-order valence-corrected chi connectivity index (χ0v) is 18.4. The minimum absolute atomic E-state index is 0.0804. The van der Waals surface area contributed by atoms with Crippen LogP contribution in [0.2, 0.25) is 0 Å². The molecule has 1 aromatic carbocycles. The van der Waals surface area contributed by atoms with Crippen LogP contribution in [0.15, 0.2) is 30.3 Å². The molecule has 1 spiro atoms. The fraction of sp³-hybridized carbons (Fsp3) is 0.667. The number of hydrogen-bond donors (Lipinski definition) is 1. The summed E-state index contributed by atoms with van der Waals surface area (Å²) in [5.41, 5.74) is 1.28. The van der Waals surface area contributed by atoms with Crippen LogP contribution in [0.1, 0.15) is 44.1 Å². The Bertz CT molecular complexity index is 718. The molecule has 0 aromatic heterocycles. The first-order valence-electron chi connectivity index (χ1n) is 11.7. The Morgan fingerprint density at radius 2 is 1.68 bits per heavy atom. The fourth-order valence-corrected chi connectivity index (χ4v) is 4.87. The molecule has 2 aliphatic heterocycles. The summed E-state index contributed by atoms with van der Waals surface area (Å²) in [6, 6.07) is 10.5. The van der Waals surface area contributed by atoms with Gasteiger partial charge in [-0.1, -0.05) is 30.3 Å². The summed E-state index contributed by atoms with van der Waals surface area (Å²) in [4.78, 5) is 29.1. The van der Waals surface area contributed by atoms with Crippen molar-refractivity contribution in [3.63, 3.8) is 0 Å². The molecule has 170 valence electrons. The summed E-state index contributed by atoms with van der Waals surface area (Å²) in [5, 5.41) is 3.18. The van der Waals surface area contributed by atoms with Gasteiger partial charge in [0.15, 0.2) is 5.79 Å². The summed E-state index contributed by atoms with van der Waals surface area (Å²) in [6.45, 7) is 4.69. The lowest BCUT2D eigenvalue weighted by Gasteiger charge is -2.37. The molecule has 1 aromatic rings. The van der Waals surface area contributed by atoms with Crippen LogP contribution in [-0.2, 0) is 25.5 Å². The highest BCUT2D eigenvalue weighted by molar-refractivity contribution is 5.78. The number of aryl methyl sites for hydroxylation is 1. The summed E-state index contributed by atoms with van der Waals surface area (Å²) in [5.74, 6) is -0.0741. The van der Waals surface area contributed by atoms with Gasteiger partial charge in [0.25, 0.3) is 0 Å². The fourth-order valence-electron chi connectivity index (χ4n) is 4.87. The van der Waals surface area contributed by atoms with E-state index in [1.807, 2.05) is 23.1 Å². The highest BCUT2D eigenvalue weighted by Gasteiger charge is 2.40. The van der Waals surface area contributed by atoms with Gasteiger partial charge in [0.2, 0.25) is 11.8 Å². The first-order chi connectivity index (χ1) is 15.1. The summed E-state index contributed by atoms with van der Waals surface area (Å²) < 4.78 is 11.5. The maximum atomic E-state index is 12.5. The molecule has 2 amide bonds. The van der Waals surface area contributed by atoms with Gasteiger partial charge < -0.3 is 19.7 Å². The molecule has 1 saturated carbocycles. The van der Waals surface area contributed by atoms with Crippen LogP contribution >= 0.6 is 0 Å². The number of rotatable bonds is 7. The molecule has 2 heterocycles. The van der Waals surface area contributed by atoms with E-state index in [-0.39, 0.29) is 23.6 Å². The van der Waals surface area contributed by atoms with E-state index in [9.17, 15) is 9.59 Å². The summed E-state index contributed by atoms with van der Waals surface area (Å²) in [7, 11) is 0. The van der Waals surface area contributed by atoms with Crippen LogP contribution in [0.4, 0.5) is 0 Å². The predicted molar refractivity (Wildman–Crippen MR) is 117 cm³/mol. The van der Waals surface area contributed by atoms with Crippen molar-refractivity contribution in [1.82, 2.24) is 15.1 Å². The molecular weight excluding hydrogens is 394 g/mol. The molecule has 4 rings (SSSR count). The predicted octanol–water partition coefficient (Wildman–Crippen LogP) is 1.96. The second-order valence-electron chi connectivity index (χ2n) is 8.95. The van der Waals surface area contributed by atoms with Crippen LogP contribution < -0.4 is 5.32 Å². The average Bonchev–Trinajstić information content (AvgIpc) is 3.25. The van der Waals surface area contributed by atoms with Crippen molar-refractivity contribution in [3.8, 4) is 0 Å². The molecule has 7 nitrogen and oxygen atoms in total. The lowest BCUT2D eigenvalue weighted by Crippen LogP contribution is -2.52. The van der Waals surface area contributed by atoms with Gasteiger partial charge in [-0.2, -0.15) is 0 Å². The topological polar surface area (TPSA) is 71.1 Å². The zero-order valence-electron chi connectivity index (χ0n) is 18.4. The number of nitrogens with one attached hydrogen (secondary N) is 1. The first-order valence-corrected chi connectivity index (χ1v) is 11.7. The number of benzene rings is 1. The molecule has 1 aliphatic carbocycles. The Balaban J connectivity index is 1.10. The van der Waals surface area contributed by atoms with Crippen LogP contribution in [0.25, 0.3) is 0 Å². The Labute approximate surface area is 185 Å². The number of carbonyl (C=O) groups is 2. The van der Waals surface area contributed by atoms with Crippen molar-refractivity contribution in [2.45, 2.75) is 56.8 Å². The average molecular weight is 430 g/mol. The van der Waals surface area contributed by atoms with Gasteiger partial charge in [0.1, 0.15) is 0 Å². The third kappa shape index (κ3) is 6.28. The quantitative estimate of drug-likeness (QED) is 0.718. The third-order valence-corrected chi connectivity index (χ3v) is 6.72. The van der Waals surface area contributed by atoms with Crippen molar-refractivity contribution < 1.29 is 19.1 Å². The molecule has 3 fully saturated rings. The maximum absolute atomic E-state index is 12.5. The smallest absolute Gasteiger partial charge is 0.234 e. The van der Waals surface area contributed by atoms with Gasteiger partial charge in [0, 0.05) is 51.5 Å². The normalized spacial score (nSPS) is 22.0. The van der Waals surface area contributed by atoms with E-state index in [2.05, 4.69) is 22.3 Å². The third-order valence-electron chi connectivity index (χ3n) is 6.72. The molecule has 0 radical (unpaired) electrons. The minimum Gasteiger partial charge on any atom is -0.352 e. The van der Waals surface area contributed by atoms with E-state index in [0.29, 0.717) is 39.3 Å². The number of carbonyl (C=O) groups excluding carboxylic acids is 2. The Kier molecular flexibility index (Phi) is 7.58. The molecule has 31 heavy (non-hydrogen) atoms. The van der Waals surface area contributed by atoms with Crippen molar-refractivity contribution >= 4 is 11.8 Å². The van der Waals surface area contributed by atoms with Crippen molar-refractivity contribution in [1.29, 1.82) is 0 Å². The number of ether oxygens (including phenoxy) is 2. The van der Waals surface area contributed by atoms with Crippen LogP contribution in [0.5, 0.6) is 0 Å². The molecule has 7 heteroatoms. The Morgan fingerprint density at radius 3 is 2.35 bits per heavy atom. The first kappa shape index (κ1) is 22.2. The maximum Gasteiger partial charge on any atom is 0.234 e. The van der Waals surface area contributed by atoms with E-state index in [1.165, 1.54) is 5.56 Å². The molecule has 3 aliphatic rings. The Hall–Kier alpha value is -1.96. The summed E-state index contributed by atoms with van der Waals surface area (Å²) in [6.07, 6.45) is 5.91. The van der Waals surface area contributed by atoms with Gasteiger partial charge in [-0.05, 0) is 31.2 Å². The lowest BCUT2D eigenvalue weighted by atomic mass is 9.90. The van der Waals surface area contributed by atoms with Gasteiger partial charge >= 0.3 is 0 Å². The molecular formula is C24H35N3O4. The van der Waals surface area contributed by atoms with Crippen molar-refractivity contribution in [3.05, 3.63) is 35.9 Å². The number of nitrogens with zero attached hydrogens (tertiary/aromatic N) is 2. The van der Waals surface area contributed by atoms with E-state index in [4.69, 9.17) is 9.47 Å². The van der Waals surface area contributed by atoms with Gasteiger partial charge in [0.05, 0.1) is 19.8 Å². The van der Waals surface area contributed by atoms with Crippen LogP contribution in [0, 0.1) is 0 Å². The van der Waals surface area contributed by atoms with Gasteiger partial charge in [-0.15, -0.1) is 0 Å². The highest BCUT2D eigenvalue weighted by Crippen LogP contribution is 2.35. The Morgan fingerprint density at radius 1 is 1.00 bits per heavy atom.